The number of unbranched alkanes of at least 4 members (excludes halogenated alkanes) is 12. The summed E-state index contributed by atoms with van der Waals surface area (Å²) < 4.78 is 39.6. The van der Waals surface area contributed by atoms with Crippen LogP contribution in [0.15, 0.2) is 12.1 Å². The fourth-order valence-electron chi connectivity index (χ4n) is 10.4. The van der Waals surface area contributed by atoms with Gasteiger partial charge in [0.15, 0.2) is 0 Å². The van der Waals surface area contributed by atoms with Gasteiger partial charge in [-0.1, -0.05) is 0 Å². The molecule has 0 fully saturated rings. The molecule has 0 heterocycles. The predicted molar refractivity (Wildman–Crippen MR) is 308 cm³/mol. The molecule has 1 aromatic carbocycles. The second-order valence-electron chi connectivity index (χ2n) is 21.5. The fourth-order valence-corrected chi connectivity index (χ4v) is 62.4. The summed E-state index contributed by atoms with van der Waals surface area (Å²) in [7, 11) is 0. The first-order valence-corrected chi connectivity index (χ1v) is 58.7. The molecule has 1 rings (SSSR count). The van der Waals surface area contributed by atoms with Crippen molar-refractivity contribution in [2.24, 2.45) is 0 Å². The zero-order valence-corrected chi connectivity index (χ0v) is 59.3. The topological polar surface area (TPSA) is 105 Å². The zero-order valence-electron chi connectivity index (χ0n) is 47.9. The van der Waals surface area contributed by atoms with Crippen LogP contribution in [0, 0.1) is 0 Å². The molecule has 0 aliphatic carbocycles. The number of rotatable bonds is 44. The van der Waals surface area contributed by atoms with E-state index < -0.39 is 99.0 Å². The van der Waals surface area contributed by atoms with E-state index in [0.717, 1.165) is 207 Å². The Morgan fingerprint density at radius 2 is 0.371 bits per heavy atom. The Hall–Kier alpha value is 0.295. The van der Waals surface area contributed by atoms with E-state index >= 15 is 19.2 Å². The number of carbonyl (C=O) groups excluding carboxylic acids is 4. The Kier molecular flexibility index (Phi) is 38.7. The molecule has 0 aliphatic rings. The van der Waals surface area contributed by atoms with Gasteiger partial charge in [0.2, 0.25) is 0 Å². The van der Waals surface area contributed by atoms with E-state index in [1.54, 1.807) is 12.1 Å². The molecule has 0 aliphatic heterocycles. The van der Waals surface area contributed by atoms with E-state index in [4.69, 9.17) is 12.3 Å². The maximum absolute atomic E-state index is 15.5. The van der Waals surface area contributed by atoms with Crippen LogP contribution in [-0.2, 0) is 12.3 Å². The molecule has 12 heteroatoms. The van der Waals surface area contributed by atoms with Crippen molar-refractivity contribution in [2.45, 2.75) is 290 Å². The van der Waals surface area contributed by atoms with Crippen LogP contribution in [0.3, 0.4) is 0 Å². The predicted octanol–water partition coefficient (Wildman–Crippen LogP) is 19.7. The van der Waals surface area contributed by atoms with E-state index in [-0.39, 0.29) is 22.3 Å². The molecule has 0 bridgehead atoms. The quantitative estimate of drug-likeness (QED) is 0.0595. The Labute approximate surface area is 450 Å². The summed E-state index contributed by atoms with van der Waals surface area (Å²) in [6.45, 7) is 26.4. The number of benzene rings is 1. The normalized spacial score (nSPS) is 12.3. The molecule has 0 aromatic heterocycles. The number of carbonyl (C=O) groups is 4. The van der Waals surface area contributed by atoms with Crippen LogP contribution >= 0.6 is 0 Å². The molecule has 406 valence electrons. The molecule has 0 N–H and O–H groups in total. The van der Waals surface area contributed by atoms with Crippen LogP contribution < -0.4 is 0 Å². The first-order chi connectivity index (χ1) is 33.7. The second kappa shape index (κ2) is 39.6. The van der Waals surface area contributed by atoms with E-state index in [1.165, 1.54) is 0 Å². The molecule has 70 heavy (non-hydrogen) atoms. The van der Waals surface area contributed by atoms with Crippen molar-refractivity contribution >= 4 is 99.0 Å². The van der Waals surface area contributed by atoms with Crippen molar-refractivity contribution in [3.8, 4) is 0 Å². The van der Waals surface area contributed by atoms with Crippen LogP contribution in [0.2, 0.25) is 53.2 Å². The summed E-state index contributed by atoms with van der Waals surface area (Å²) >= 11 is -14.7. The first kappa shape index (κ1) is 68.3. The standard InChI is InChI=1S/C10H6O8.12C4H9.4Sn/c11-7(12)3-1-4(8(13)14)6(10(17)18)2-5(3)9(15)16;12*1-3-4-2;;;;/h1-2H,(H,11,12)(H,13,14)(H,15,16)(H,17,18);12*1,3-4H2,2H3;;;;/q;;;;;;;;;;;;;4*+1/p-4. The van der Waals surface area contributed by atoms with Gasteiger partial charge < -0.3 is 0 Å². The van der Waals surface area contributed by atoms with Crippen LogP contribution in [0.1, 0.15) is 279 Å². The molecule has 0 saturated carbocycles. The van der Waals surface area contributed by atoms with Crippen molar-refractivity contribution in [1.29, 1.82) is 0 Å². The van der Waals surface area contributed by atoms with Gasteiger partial charge in [-0.3, -0.25) is 0 Å². The summed E-state index contributed by atoms with van der Waals surface area (Å²) in [5, 5.41) is 0. The van der Waals surface area contributed by atoms with Gasteiger partial charge in [0.1, 0.15) is 0 Å². The van der Waals surface area contributed by atoms with Gasteiger partial charge in [0.05, 0.1) is 0 Å². The summed E-state index contributed by atoms with van der Waals surface area (Å²) in [5.74, 6) is -2.07. The van der Waals surface area contributed by atoms with Crippen LogP contribution in [-0.4, -0.2) is 99.0 Å². The fraction of sp³-hybridized carbons (Fsp3) is 0.828. The van der Waals surface area contributed by atoms with Crippen molar-refractivity contribution in [3.63, 3.8) is 0 Å². The minimum atomic E-state index is -3.67. The Bertz CT molecular complexity index is 1290. The van der Waals surface area contributed by atoms with Gasteiger partial charge in [-0.15, -0.1) is 0 Å². The maximum atomic E-state index is 15.5. The monoisotopic (exact) mass is 1410 g/mol. The molecule has 0 amide bonds. The van der Waals surface area contributed by atoms with Crippen LogP contribution in [0.5, 0.6) is 0 Å². The molecule has 0 atom stereocenters. The SMILES string of the molecule is CCC[CH2][Sn]([CH2]CCC)([CH2]CCC)[O]C(=O)c1cc(C(=O)[O][Sn]([CH2]CCC)([CH2]CCC)[CH2]CCC)c(C(=O)[O][Sn]([CH2]CCC)([CH2]CCC)[CH2]CCC)cc1C(=O)[O][Sn]([CH2]CCC)([CH2]CCC)[CH2]CCC. The Balaban J connectivity index is 4.68. The average Bonchev–Trinajstić information content (AvgIpc) is 3.37. The molecule has 1 aromatic rings. The summed E-state index contributed by atoms with van der Waals surface area (Å²) in [4.78, 5) is 62.0. The van der Waals surface area contributed by atoms with Crippen LogP contribution in [0.4, 0.5) is 0 Å². The molecular formula is C58H110O8Sn4. The van der Waals surface area contributed by atoms with Crippen molar-refractivity contribution in [1.82, 2.24) is 0 Å². The van der Waals surface area contributed by atoms with Gasteiger partial charge in [-0.2, -0.15) is 0 Å². The van der Waals surface area contributed by atoms with Gasteiger partial charge in [0, 0.05) is 0 Å². The number of hydrogen-bond acceptors (Lipinski definition) is 8. The van der Waals surface area contributed by atoms with Gasteiger partial charge >= 0.3 is 455 Å². The van der Waals surface area contributed by atoms with E-state index in [1.807, 2.05) is 0 Å². The van der Waals surface area contributed by atoms with Crippen LogP contribution in [0.25, 0.3) is 0 Å². The Morgan fingerprint density at radius 1 is 0.257 bits per heavy atom. The molecule has 8 nitrogen and oxygen atoms in total. The van der Waals surface area contributed by atoms with E-state index in [2.05, 4.69) is 83.1 Å². The Morgan fingerprint density at radius 3 is 0.471 bits per heavy atom. The van der Waals surface area contributed by atoms with Crippen molar-refractivity contribution in [3.05, 3.63) is 34.4 Å². The van der Waals surface area contributed by atoms with E-state index in [0.29, 0.717) is 0 Å². The minimum absolute atomic E-state index is 0.0786. The second-order valence-corrected chi connectivity index (χ2v) is 67.9. The number of hydrogen-bond donors (Lipinski definition) is 0. The van der Waals surface area contributed by atoms with Gasteiger partial charge in [-0.05, 0) is 0 Å². The van der Waals surface area contributed by atoms with Crippen molar-refractivity contribution < 1.29 is 31.5 Å². The molecule has 0 radical (unpaired) electrons. The molecule has 0 unspecified atom stereocenters. The average molecular weight is 1410 g/mol. The summed E-state index contributed by atoms with van der Waals surface area (Å²) in [6, 6.07) is 3.15. The van der Waals surface area contributed by atoms with Crippen molar-refractivity contribution in [2.75, 3.05) is 0 Å². The van der Waals surface area contributed by atoms with Gasteiger partial charge in [-0.25, -0.2) is 0 Å². The molecular weight excluding hydrogens is 1300 g/mol. The van der Waals surface area contributed by atoms with E-state index in [9.17, 15) is 0 Å². The first-order valence-electron chi connectivity index (χ1n) is 29.8. The third kappa shape index (κ3) is 24.5. The molecule has 0 saturated heterocycles. The summed E-state index contributed by atoms with van der Waals surface area (Å²) in [5.41, 5.74) is 0.315. The third-order valence-corrected chi connectivity index (χ3v) is 65.5. The summed E-state index contributed by atoms with van der Waals surface area (Å²) in [6.07, 6.45) is 24.2. The third-order valence-electron chi connectivity index (χ3n) is 15.1. The molecule has 0 spiro atoms. The van der Waals surface area contributed by atoms with Gasteiger partial charge in [0.25, 0.3) is 0 Å². The zero-order chi connectivity index (χ0) is 52.3.